The molecule has 2 N–H and O–H groups in total. The third kappa shape index (κ3) is 3.42. The van der Waals surface area contributed by atoms with Gasteiger partial charge in [0, 0.05) is 43.4 Å². The number of anilines is 1. The second-order valence-electron chi connectivity index (χ2n) is 8.47. The topological polar surface area (TPSA) is 103 Å². The number of phenolic OH excluding ortho intramolecular Hbond substituents is 1. The minimum Gasteiger partial charge on any atom is -0.508 e. The summed E-state index contributed by atoms with van der Waals surface area (Å²) < 4.78 is 1.69. The largest absolute Gasteiger partial charge is 0.508 e. The second kappa shape index (κ2) is 7.87. The molecule has 0 atom stereocenters. The standard InChI is InChI=1S/C25H23N7O2/c1-16-20-14-17(24(34)31-12-10-30(11-13-31)18-6-8-19(33)9-7-18)15-26-23(20)32(29-16)25-27-21-4-2-3-5-22(21)28-25/h2-9,14-15,33H,10-13H2,1H3,(H,27,28). The first-order valence-electron chi connectivity index (χ1n) is 11.2. The number of piperazine rings is 1. The number of aryl methyl sites for hydroxylation is 1. The number of carbonyl (C=O) groups is 1. The Balaban J connectivity index is 1.24. The molecular formula is C25H23N7O2. The maximum Gasteiger partial charge on any atom is 0.255 e. The van der Waals surface area contributed by atoms with Crippen molar-refractivity contribution >= 4 is 33.7 Å². The predicted molar refractivity (Wildman–Crippen MR) is 129 cm³/mol. The highest BCUT2D eigenvalue weighted by Crippen LogP contribution is 2.24. The molecule has 170 valence electrons. The van der Waals surface area contributed by atoms with E-state index in [0.717, 1.165) is 40.9 Å². The number of aromatic amines is 1. The van der Waals surface area contributed by atoms with Crippen molar-refractivity contribution < 1.29 is 9.90 Å². The number of fused-ring (bicyclic) bond motifs is 2. The van der Waals surface area contributed by atoms with Crippen molar-refractivity contribution in [3.05, 3.63) is 72.1 Å². The Labute approximate surface area is 195 Å². The van der Waals surface area contributed by atoms with Gasteiger partial charge in [0.2, 0.25) is 5.95 Å². The maximum absolute atomic E-state index is 13.2. The van der Waals surface area contributed by atoms with E-state index in [4.69, 9.17) is 0 Å². The molecule has 1 saturated heterocycles. The smallest absolute Gasteiger partial charge is 0.255 e. The Kier molecular flexibility index (Phi) is 4.68. The van der Waals surface area contributed by atoms with Crippen LogP contribution in [0.25, 0.3) is 28.0 Å². The number of hydrogen-bond donors (Lipinski definition) is 2. The zero-order chi connectivity index (χ0) is 23.2. The molecule has 4 heterocycles. The molecule has 9 nitrogen and oxygen atoms in total. The van der Waals surface area contributed by atoms with Crippen molar-refractivity contribution in [2.24, 2.45) is 0 Å². The van der Waals surface area contributed by atoms with Gasteiger partial charge in [-0.05, 0) is 49.4 Å². The summed E-state index contributed by atoms with van der Waals surface area (Å²) in [6, 6.07) is 16.8. The van der Waals surface area contributed by atoms with Crippen LogP contribution in [0, 0.1) is 6.92 Å². The summed E-state index contributed by atoms with van der Waals surface area (Å²) in [6.45, 7) is 4.61. The van der Waals surface area contributed by atoms with Crippen LogP contribution in [0.15, 0.2) is 60.8 Å². The molecule has 0 radical (unpaired) electrons. The Hall–Kier alpha value is -4.40. The van der Waals surface area contributed by atoms with E-state index in [0.29, 0.717) is 30.2 Å². The molecule has 9 heteroatoms. The number of benzene rings is 2. The van der Waals surface area contributed by atoms with Crippen LogP contribution in [-0.2, 0) is 0 Å². The van der Waals surface area contributed by atoms with E-state index in [9.17, 15) is 9.90 Å². The Morgan fingerprint density at radius 2 is 1.79 bits per heavy atom. The SMILES string of the molecule is Cc1nn(-c2nc3ccccc3[nH]2)c2ncc(C(=O)N3CCN(c4ccc(O)cc4)CC3)cc12. The molecule has 0 saturated carbocycles. The van der Waals surface area contributed by atoms with Crippen LogP contribution in [0.5, 0.6) is 5.75 Å². The molecule has 1 fully saturated rings. The van der Waals surface area contributed by atoms with Crippen LogP contribution >= 0.6 is 0 Å². The summed E-state index contributed by atoms with van der Waals surface area (Å²) in [4.78, 5) is 29.8. The Morgan fingerprint density at radius 3 is 2.56 bits per heavy atom. The van der Waals surface area contributed by atoms with Gasteiger partial charge in [-0.3, -0.25) is 4.79 Å². The Bertz CT molecular complexity index is 1480. The molecule has 6 rings (SSSR count). The molecule has 34 heavy (non-hydrogen) atoms. The summed E-state index contributed by atoms with van der Waals surface area (Å²) in [5.41, 5.74) is 4.83. The van der Waals surface area contributed by atoms with E-state index in [1.165, 1.54) is 0 Å². The minimum absolute atomic E-state index is 0.0318. The lowest BCUT2D eigenvalue weighted by Gasteiger charge is -2.36. The third-order valence-corrected chi connectivity index (χ3v) is 6.31. The number of amides is 1. The highest BCUT2D eigenvalue weighted by atomic mass is 16.3. The first-order valence-corrected chi connectivity index (χ1v) is 11.2. The molecule has 1 aliphatic heterocycles. The number of para-hydroxylation sites is 2. The first-order chi connectivity index (χ1) is 16.6. The monoisotopic (exact) mass is 453 g/mol. The van der Waals surface area contributed by atoms with E-state index >= 15 is 0 Å². The summed E-state index contributed by atoms with van der Waals surface area (Å²) in [6.07, 6.45) is 1.62. The number of imidazole rings is 1. The molecule has 2 aromatic carbocycles. The van der Waals surface area contributed by atoms with Gasteiger partial charge in [-0.25, -0.2) is 9.97 Å². The molecule has 1 amide bonds. The van der Waals surface area contributed by atoms with Crippen LogP contribution in [0.1, 0.15) is 16.1 Å². The highest BCUT2D eigenvalue weighted by Gasteiger charge is 2.24. The molecule has 0 spiro atoms. The van der Waals surface area contributed by atoms with E-state index in [1.807, 2.05) is 54.3 Å². The summed E-state index contributed by atoms with van der Waals surface area (Å²) in [7, 11) is 0. The van der Waals surface area contributed by atoms with Gasteiger partial charge in [-0.1, -0.05) is 12.1 Å². The van der Waals surface area contributed by atoms with Gasteiger partial charge in [0.1, 0.15) is 5.75 Å². The van der Waals surface area contributed by atoms with Gasteiger partial charge in [0.15, 0.2) is 5.65 Å². The number of rotatable bonds is 3. The van der Waals surface area contributed by atoms with Crippen molar-refractivity contribution in [3.8, 4) is 11.7 Å². The van der Waals surface area contributed by atoms with E-state index in [2.05, 4.69) is 25.0 Å². The molecule has 1 aliphatic rings. The minimum atomic E-state index is -0.0318. The third-order valence-electron chi connectivity index (χ3n) is 6.31. The molecule has 0 unspecified atom stereocenters. The van der Waals surface area contributed by atoms with Crippen LogP contribution in [0.3, 0.4) is 0 Å². The van der Waals surface area contributed by atoms with Crippen molar-refractivity contribution in [2.45, 2.75) is 6.92 Å². The molecule has 5 aromatic rings. The van der Waals surface area contributed by atoms with Gasteiger partial charge in [-0.2, -0.15) is 9.78 Å². The van der Waals surface area contributed by atoms with Crippen LogP contribution in [-0.4, -0.2) is 66.8 Å². The molecule has 0 aliphatic carbocycles. The number of H-pyrrole nitrogens is 1. The fourth-order valence-electron chi connectivity index (χ4n) is 4.46. The zero-order valence-corrected chi connectivity index (χ0v) is 18.6. The maximum atomic E-state index is 13.2. The van der Waals surface area contributed by atoms with E-state index < -0.39 is 0 Å². The fourth-order valence-corrected chi connectivity index (χ4v) is 4.46. The number of nitrogens with zero attached hydrogens (tertiary/aromatic N) is 6. The van der Waals surface area contributed by atoms with Crippen molar-refractivity contribution in [1.29, 1.82) is 0 Å². The zero-order valence-electron chi connectivity index (χ0n) is 18.6. The van der Waals surface area contributed by atoms with Crippen LogP contribution in [0.4, 0.5) is 5.69 Å². The molecule has 3 aromatic heterocycles. The van der Waals surface area contributed by atoms with Gasteiger partial charge >= 0.3 is 0 Å². The number of aromatic nitrogens is 5. The van der Waals surface area contributed by atoms with Crippen LogP contribution in [0.2, 0.25) is 0 Å². The summed E-state index contributed by atoms with van der Waals surface area (Å²) in [5.74, 6) is 0.811. The lowest BCUT2D eigenvalue weighted by molar-refractivity contribution is 0.0746. The highest BCUT2D eigenvalue weighted by molar-refractivity contribution is 5.97. The van der Waals surface area contributed by atoms with Crippen molar-refractivity contribution in [1.82, 2.24) is 29.6 Å². The lowest BCUT2D eigenvalue weighted by Crippen LogP contribution is -2.48. The van der Waals surface area contributed by atoms with Crippen LogP contribution < -0.4 is 4.90 Å². The quantitative estimate of drug-likeness (QED) is 0.435. The second-order valence-corrected chi connectivity index (χ2v) is 8.47. The predicted octanol–water partition coefficient (Wildman–Crippen LogP) is 3.27. The summed E-state index contributed by atoms with van der Waals surface area (Å²) in [5, 5.41) is 15.0. The van der Waals surface area contributed by atoms with E-state index in [-0.39, 0.29) is 11.7 Å². The van der Waals surface area contributed by atoms with Gasteiger partial charge < -0.3 is 19.9 Å². The van der Waals surface area contributed by atoms with Gasteiger partial charge in [0.25, 0.3) is 5.91 Å². The first kappa shape index (κ1) is 20.2. The fraction of sp³-hybridized carbons (Fsp3) is 0.200. The number of pyridine rings is 1. The van der Waals surface area contributed by atoms with Gasteiger partial charge in [-0.15, -0.1) is 0 Å². The number of phenols is 1. The average molecular weight is 454 g/mol. The van der Waals surface area contributed by atoms with Crippen molar-refractivity contribution in [3.63, 3.8) is 0 Å². The van der Waals surface area contributed by atoms with E-state index in [1.54, 1.807) is 23.0 Å². The normalized spacial score (nSPS) is 14.3. The number of hydrogen-bond acceptors (Lipinski definition) is 6. The van der Waals surface area contributed by atoms with Gasteiger partial charge in [0.05, 0.1) is 22.3 Å². The number of aromatic hydroxyl groups is 1. The molecule has 0 bridgehead atoms. The summed E-state index contributed by atoms with van der Waals surface area (Å²) >= 11 is 0. The average Bonchev–Trinajstić information content (AvgIpc) is 3.45. The van der Waals surface area contributed by atoms with Crippen molar-refractivity contribution in [2.75, 3.05) is 31.1 Å². The number of nitrogens with one attached hydrogen (secondary N) is 1. The molecular weight excluding hydrogens is 430 g/mol. The number of carbonyl (C=O) groups excluding carboxylic acids is 1. The Morgan fingerprint density at radius 1 is 1.03 bits per heavy atom. The lowest BCUT2D eigenvalue weighted by atomic mass is 10.1.